The van der Waals surface area contributed by atoms with Gasteiger partial charge in [-0.25, -0.2) is 4.98 Å². The van der Waals surface area contributed by atoms with Crippen molar-refractivity contribution in [1.82, 2.24) is 9.97 Å². The van der Waals surface area contributed by atoms with Crippen LogP contribution in [0.3, 0.4) is 0 Å². The molecule has 0 bridgehead atoms. The number of hydrogen-bond donors (Lipinski definition) is 1. The summed E-state index contributed by atoms with van der Waals surface area (Å²) in [5.41, 5.74) is 4.47. The summed E-state index contributed by atoms with van der Waals surface area (Å²) in [4.78, 5) is 11.5. The molecule has 4 heteroatoms. The Bertz CT molecular complexity index is 813. The standard InChI is InChI=1S/C21H24N4/c1-4-25(15-18-8-6-5-7-9-18)21-22-17(3)14-20(24-21)23-19-12-10-16(2)11-13-19/h5-14H,4,15H2,1-3H3,(H,22,23,24). The second-order valence-corrected chi connectivity index (χ2v) is 6.19. The summed E-state index contributed by atoms with van der Waals surface area (Å²) in [5.74, 6) is 1.57. The predicted octanol–water partition coefficient (Wildman–Crippen LogP) is 4.86. The van der Waals surface area contributed by atoms with Gasteiger partial charge in [-0.2, -0.15) is 4.98 Å². The number of rotatable bonds is 6. The molecule has 1 aromatic heterocycles. The van der Waals surface area contributed by atoms with Gasteiger partial charge in [0.2, 0.25) is 5.95 Å². The van der Waals surface area contributed by atoms with Gasteiger partial charge in [0.05, 0.1) is 0 Å². The van der Waals surface area contributed by atoms with E-state index in [0.717, 1.165) is 36.2 Å². The predicted molar refractivity (Wildman–Crippen MR) is 104 cm³/mol. The Morgan fingerprint density at radius 3 is 2.32 bits per heavy atom. The van der Waals surface area contributed by atoms with E-state index in [1.165, 1.54) is 11.1 Å². The lowest BCUT2D eigenvalue weighted by Crippen LogP contribution is -2.24. The van der Waals surface area contributed by atoms with Crippen LogP contribution in [0.25, 0.3) is 0 Å². The van der Waals surface area contributed by atoms with Crippen LogP contribution in [0.5, 0.6) is 0 Å². The van der Waals surface area contributed by atoms with Gasteiger partial charge >= 0.3 is 0 Å². The average molecular weight is 332 g/mol. The highest BCUT2D eigenvalue weighted by Gasteiger charge is 2.11. The Hall–Kier alpha value is -2.88. The van der Waals surface area contributed by atoms with Gasteiger partial charge in [0.25, 0.3) is 0 Å². The Kier molecular flexibility index (Phi) is 5.29. The molecule has 2 aromatic carbocycles. The molecule has 3 aromatic rings. The number of benzene rings is 2. The van der Waals surface area contributed by atoms with Crippen molar-refractivity contribution < 1.29 is 0 Å². The quantitative estimate of drug-likeness (QED) is 0.699. The van der Waals surface area contributed by atoms with E-state index in [4.69, 9.17) is 4.98 Å². The first-order valence-electron chi connectivity index (χ1n) is 8.62. The smallest absolute Gasteiger partial charge is 0.227 e. The van der Waals surface area contributed by atoms with Crippen LogP contribution >= 0.6 is 0 Å². The van der Waals surface area contributed by atoms with E-state index < -0.39 is 0 Å². The second-order valence-electron chi connectivity index (χ2n) is 6.19. The van der Waals surface area contributed by atoms with Gasteiger partial charge in [-0.3, -0.25) is 0 Å². The van der Waals surface area contributed by atoms with Crippen molar-refractivity contribution in [1.29, 1.82) is 0 Å². The number of aryl methyl sites for hydroxylation is 2. The van der Waals surface area contributed by atoms with Crippen LogP contribution in [0.4, 0.5) is 17.5 Å². The molecule has 0 spiro atoms. The van der Waals surface area contributed by atoms with Crippen molar-refractivity contribution >= 4 is 17.5 Å². The van der Waals surface area contributed by atoms with Crippen LogP contribution in [0, 0.1) is 13.8 Å². The zero-order valence-corrected chi connectivity index (χ0v) is 15.0. The Labute approximate surface area is 149 Å². The fourth-order valence-corrected chi connectivity index (χ4v) is 2.67. The minimum Gasteiger partial charge on any atom is -0.340 e. The molecule has 0 radical (unpaired) electrons. The molecule has 0 atom stereocenters. The van der Waals surface area contributed by atoms with Crippen LogP contribution < -0.4 is 10.2 Å². The minimum absolute atomic E-state index is 0.751. The fraction of sp³-hybridized carbons (Fsp3) is 0.238. The highest BCUT2D eigenvalue weighted by Crippen LogP contribution is 2.20. The van der Waals surface area contributed by atoms with E-state index in [-0.39, 0.29) is 0 Å². The number of aromatic nitrogens is 2. The number of anilines is 3. The molecule has 0 fully saturated rings. The molecule has 0 aliphatic rings. The summed E-state index contributed by atoms with van der Waals surface area (Å²) in [6.07, 6.45) is 0. The van der Waals surface area contributed by atoms with Crippen LogP contribution in [0.1, 0.15) is 23.7 Å². The molecule has 0 unspecified atom stereocenters. The van der Waals surface area contributed by atoms with Crippen LogP contribution in [-0.4, -0.2) is 16.5 Å². The van der Waals surface area contributed by atoms with Gasteiger partial charge in [0, 0.05) is 30.5 Å². The Balaban J connectivity index is 1.83. The van der Waals surface area contributed by atoms with Gasteiger partial charge in [-0.05, 0) is 38.5 Å². The molecule has 25 heavy (non-hydrogen) atoms. The first-order chi connectivity index (χ1) is 12.1. The molecule has 0 aliphatic heterocycles. The van der Waals surface area contributed by atoms with Crippen molar-refractivity contribution in [2.24, 2.45) is 0 Å². The van der Waals surface area contributed by atoms with Gasteiger partial charge in [-0.15, -0.1) is 0 Å². The maximum atomic E-state index is 4.72. The molecule has 0 saturated heterocycles. The van der Waals surface area contributed by atoms with Crippen LogP contribution in [-0.2, 0) is 6.54 Å². The normalized spacial score (nSPS) is 10.5. The first kappa shape index (κ1) is 17.0. The largest absolute Gasteiger partial charge is 0.340 e. The fourth-order valence-electron chi connectivity index (χ4n) is 2.67. The summed E-state index contributed by atoms with van der Waals surface area (Å²) in [6, 6.07) is 20.7. The zero-order valence-electron chi connectivity index (χ0n) is 15.0. The average Bonchev–Trinajstić information content (AvgIpc) is 2.62. The van der Waals surface area contributed by atoms with E-state index >= 15 is 0 Å². The number of nitrogens with zero attached hydrogens (tertiary/aromatic N) is 3. The number of nitrogens with one attached hydrogen (secondary N) is 1. The lowest BCUT2D eigenvalue weighted by Gasteiger charge is -2.22. The highest BCUT2D eigenvalue weighted by atomic mass is 15.3. The van der Waals surface area contributed by atoms with Gasteiger partial charge in [0.15, 0.2) is 0 Å². The summed E-state index contributed by atoms with van der Waals surface area (Å²) >= 11 is 0. The van der Waals surface area contributed by atoms with Crippen molar-refractivity contribution in [3.63, 3.8) is 0 Å². The maximum Gasteiger partial charge on any atom is 0.227 e. The summed E-state index contributed by atoms with van der Waals surface area (Å²) in [7, 11) is 0. The van der Waals surface area contributed by atoms with Crippen molar-refractivity contribution in [2.75, 3.05) is 16.8 Å². The van der Waals surface area contributed by atoms with Crippen molar-refractivity contribution in [3.05, 3.63) is 77.5 Å². The second kappa shape index (κ2) is 7.79. The van der Waals surface area contributed by atoms with E-state index in [0.29, 0.717) is 0 Å². The maximum absolute atomic E-state index is 4.72. The van der Waals surface area contributed by atoms with Gasteiger partial charge in [-0.1, -0.05) is 48.0 Å². The van der Waals surface area contributed by atoms with E-state index in [2.05, 4.69) is 77.6 Å². The molecule has 0 saturated carbocycles. The molecule has 4 nitrogen and oxygen atoms in total. The lowest BCUT2D eigenvalue weighted by molar-refractivity contribution is 0.788. The van der Waals surface area contributed by atoms with Crippen molar-refractivity contribution in [3.8, 4) is 0 Å². The third-order valence-corrected chi connectivity index (χ3v) is 4.05. The van der Waals surface area contributed by atoms with Crippen LogP contribution in [0.15, 0.2) is 60.7 Å². The molecule has 3 rings (SSSR count). The monoisotopic (exact) mass is 332 g/mol. The lowest BCUT2D eigenvalue weighted by atomic mass is 10.2. The molecule has 1 N–H and O–H groups in total. The third-order valence-electron chi connectivity index (χ3n) is 4.05. The first-order valence-corrected chi connectivity index (χ1v) is 8.62. The summed E-state index contributed by atoms with van der Waals surface area (Å²) < 4.78 is 0. The van der Waals surface area contributed by atoms with E-state index in [1.807, 2.05) is 19.1 Å². The van der Waals surface area contributed by atoms with Gasteiger partial charge < -0.3 is 10.2 Å². The molecular formula is C21H24N4. The molecular weight excluding hydrogens is 308 g/mol. The Morgan fingerprint density at radius 2 is 1.64 bits per heavy atom. The van der Waals surface area contributed by atoms with Crippen LogP contribution in [0.2, 0.25) is 0 Å². The van der Waals surface area contributed by atoms with Crippen molar-refractivity contribution in [2.45, 2.75) is 27.3 Å². The zero-order chi connectivity index (χ0) is 17.6. The molecule has 0 aliphatic carbocycles. The topological polar surface area (TPSA) is 41.1 Å². The molecule has 1 heterocycles. The minimum atomic E-state index is 0.751. The van der Waals surface area contributed by atoms with Gasteiger partial charge in [0.1, 0.15) is 5.82 Å². The van der Waals surface area contributed by atoms with E-state index in [9.17, 15) is 0 Å². The Morgan fingerprint density at radius 1 is 0.920 bits per heavy atom. The van der Waals surface area contributed by atoms with E-state index in [1.54, 1.807) is 0 Å². The summed E-state index contributed by atoms with van der Waals surface area (Å²) in [6.45, 7) is 7.86. The highest BCUT2D eigenvalue weighted by molar-refractivity contribution is 5.58. The third kappa shape index (κ3) is 4.57. The SMILES string of the molecule is CCN(Cc1ccccc1)c1nc(C)cc(Nc2ccc(C)cc2)n1. The number of hydrogen-bond acceptors (Lipinski definition) is 4. The summed E-state index contributed by atoms with van der Waals surface area (Å²) in [5, 5.41) is 3.38. The molecule has 0 amide bonds. The molecule has 128 valence electrons.